The van der Waals surface area contributed by atoms with E-state index in [1.807, 2.05) is 0 Å². The first-order valence-electron chi connectivity index (χ1n) is 6.56. The Kier molecular flexibility index (Phi) is 3.24. The van der Waals surface area contributed by atoms with Gasteiger partial charge in [0, 0.05) is 5.41 Å². The van der Waals surface area contributed by atoms with E-state index in [1.54, 1.807) is 0 Å². The zero-order valence-corrected chi connectivity index (χ0v) is 11.1. The summed E-state index contributed by atoms with van der Waals surface area (Å²) in [5.74, 6) is 0. The number of hydrogen-bond acceptors (Lipinski definition) is 0. The molecule has 0 bridgehead atoms. The molecule has 1 aliphatic carbocycles. The first kappa shape index (κ1) is 12.2. The Morgan fingerprint density at radius 3 is 2.59 bits per heavy atom. The fourth-order valence-corrected chi connectivity index (χ4v) is 2.54. The molecule has 0 spiro atoms. The van der Waals surface area contributed by atoms with Gasteiger partial charge in [0.15, 0.2) is 0 Å². The van der Waals surface area contributed by atoms with Crippen LogP contribution in [0.2, 0.25) is 0 Å². The van der Waals surface area contributed by atoms with Crippen molar-refractivity contribution in [2.75, 3.05) is 0 Å². The van der Waals surface area contributed by atoms with Crippen LogP contribution in [0.15, 0.2) is 37.4 Å². The van der Waals surface area contributed by atoms with E-state index in [4.69, 9.17) is 0 Å². The lowest BCUT2D eigenvalue weighted by Gasteiger charge is -2.15. The SMILES string of the molecule is C=CC1(c2ccc(C(=C)C)c(CCC)c2)CC1. The summed E-state index contributed by atoms with van der Waals surface area (Å²) in [6.45, 7) is 12.4. The molecule has 2 rings (SSSR count). The molecule has 1 aromatic carbocycles. The lowest BCUT2D eigenvalue weighted by atomic mass is 9.89. The summed E-state index contributed by atoms with van der Waals surface area (Å²) >= 11 is 0. The van der Waals surface area contributed by atoms with Gasteiger partial charge in [0.05, 0.1) is 0 Å². The largest absolute Gasteiger partial charge is 0.102 e. The Hall–Kier alpha value is -1.30. The quantitative estimate of drug-likeness (QED) is 0.627. The predicted octanol–water partition coefficient (Wildman–Crippen LogP) is 4.89. The highest BCUT2D eigenvalue weighted by molar-refractivity contribution is 5.65. The van der Waals surface area contributed by atoms with Crippen molar-refractivity contribution in [1.29, 1.82) is 0 Å². The molecule has 1 fully saturated rings. The van der Waals surface area contributed by atoms with E-state index in [-0.39, 0.29) is 5.41 Å². The molecule has 0 aromatic heterocycles. The molecule has 0 nitrogen and oxygen atoms in total. The average Bonchev–Trinajstić information content (AvgIpc) is 3.10. The van der Waals surface area contributed by atoms with Gasteiger partial charge in [0.1, 0.15) is 0 Å². The summed E-state index contributed by atoms with van der Waals surface area (Å²) in [6.07, 6.45) is 6.97. The van der Waals surface area contributed by atoms with Crippen LogP contribution in [0.4, 0.5) is 0 Å². The van der Waals surface area contributed by atoms with Gasteiger partial charge in [-0.1, -0.05) is 49.8 Å². The van der Waals surface area contributed by atoms with Crippen molar-refractivity contribution < 1.29 is 0 Å². The number of allylic oxidation sites excluding steroid dienone is 2. The van der Waals surface area contributed by atoms with Crippen LogP contribution in [0.1, 0.15) is 49.8 Å². The van der Waals surface area contributed by atoms with Crippen molar-refractivity contribution in [3.63, 3.8) is 0 Å². The van der Waals surface area contributed by atoms with E-state index >= 15 is 0 Å². The molecule has 1 saturated carbocycles. The van der Waals surface area contributed by atoms with Crippen molar-refractivity contribution in [2.24, 2.45) is 0 Å². The highest BCUT2D eigenvalue weighted by Gasteiger charge is 2.41. The van der Waals surface area contributed by atoms with Crippen LogP contribution in [-0.2, 0) is 11.8 Å². The molecule has 0 saturated heterocycles. The topological polar surface area (TPSA) is 0 Å². The predicted molar refractivity (Wildman–Crippen MR) is 76.3 cm³/mol. The van der Waals surface area contributed by atoms with Crippen LogP contribution < -0.4 is 0 Å². The van der Waals surface area contributed by atoms with Gasteiger partial charge in [-0.3, -0.25) is 0 Å². The summed E-state index contributed by atoms with van der Waals surface area (Å²) in [6, 6.07) is 6.88. The van der Waals surface area contributed by atoms with E-state index < -0.39 is 0 Å². The van der Waals surface area contributed by atoms with Gasteiger partial charge in [0.2, 0.25) is 0 Å². The first-order valence-corrected chi connectivity index (χ1v) is 6.56. The standard InChI is InChI=1S/C17H22/c1-5-7-14-12-15(17(6-2)10-11-17)8-9-16(14)13(3)4/h6,8-9,12H,2-3,5,7,10-11H2,1,4H3. The van der Waals surface area contributed by atoms with Gasteiger partial charge in [-0.05, 0) is 42.9 Å². The molecule has 1 aliphatic rings. The maximum Gasteiger partial charge on any atom is 0.0130 e. The number of hydrogen-bond donors (Lipinski definition) is 0. The third-order valence-corrected chi connectivity index (χ3v) is 3.84. The van der Waals surface area contributed by atoms with Crippen LogP contribution in [0, 0.1) is 0 Å². The van der Waals surface area contributed by atoms with Crippen LogP contribution in [-0.4, -0.2) is 0 Å². The molecule has 1 aromatic rings. The fraction of sp³-hybridized carbons (Fsp3) is 0.412. The highest BCUT2D eigenvalue weighted by Crippen LogP contribution is 2.49. The molecule has 17 heavy (non-hydrogen) atoms. The number of benzene rings is 1. The van der Waals surface area contributed by atoms with E-state index in [0.717, 1.165) is 6.42 Å². The third kappa shape index (κ3) is 2.22. The Bertz CT molecular complexity index is 447. The van der Waals surface area contributed by atoms with E-state index in [2.05, 4.69) is 51.3 Å². The van der Waals surface area contributed by atoms with Crippen LogP contribution in [0.3, 0.4) is 0 Å². The summed E-state index contributed by atoms with van der Waals surface area (Å²) in [7, 11) is 0. The molecule has 0 N–H and O–H groups in total. The first-order chi connectivity index (χ1) is 8.13. The molecule has 0 atom stereocenters. The van der Waals surface area contributed by atoms with E-state index in [9.17, 15) is 0 Å². The maximum atomic E-state index is 4.08. The molecule has 0 heteroatoms. The summed E-state index contributed by atoms with van der Waals surface area (Å²) in [5.41, 5.74) is 5.68. The Balaban J connectivity index is 2.42. The second kappa shape index (κ2) is 4.52. The van der Waals surface area contributed by atoms with Crippen LogP contribution >= 0.6 is 0 Å². The van der Waals surface area contributed by atoms with Crippen molar-refractivity contribution >= 4 is 5.57 Å². The van der Waals surface area contributed by atoms with Crippen LogP contribution in [0.5, 0.6) is 0 Å². The van der Waals surface area contributed by atoms with Gasteiger partial charge in [-0.25, -0.2) is 0 Å². The number of rotatable bonds is 5. The Morgan fingerprint density at radius 1 is 1.41 bits per heavy atom. The van der Waals surface area contributed by atoms with Crippen molar-refractivity contribution in [1.82, 2.24) is 0 Å². The molecule has 0 amide bonds. The van der Waals surface area contributed by atoms with Crippen LogP contribution in [0.25, 0.3) is 5.57 Å². The fourth-order valence-electron chi connectivity index (χ4n) is 2.54. The minimum atomic E-state index is 0.288. The Labute approximate surface area is 105 Å². The second-order valence-electron chi connectivity index (χ2n) is 5.26. The van der Waals surface area contributed by atoms with Gasteiger partial charge >= 0.3 is 0 Å². The van der Waals surface area contributed by atoms with Gasteiger partial charge in [-0.2, -0.15) is 0 Å². The minimum absolute atomic E-state index is 0.288. The third-order valence-electron chi connectivity index (χ3n) is 3.84. The van der Waals surface area contributed by atoms with Crippen molar-refractivity contribution in [3.05, 3.63) is 54.1 Å². The van der Waals surface area contributed by atoms with Gasteiger partial charge in [0.25, 0.3) is 0 Å². The lowest BCUT2D eigenvalue weighted by Crippen LogP contribution is -2.04. The molecule has 0 radical (unpaired) electrons. The maximum absolute atomic E-state index is 4.08. The number of aryl methyl sites for hydroxylation is 1. The molecule has 0 unspecified atom stereocenters. The summed E-state index contributed by atoms with van der Waals surface area (Å²) in [4.78, 5) is 0. The monoisotopic (exact) mass is 226 g/mol. The zero-order chi connectivity index (χ0) is 12.5. The van der Waals surface area contributed by atoms with E-state index in [0.29, 0.717) is 0 Å². The molecular weight excluding hydrogens is 204 g/mol. The lowest BCUT2D eigenvalue weighted by molar-refractivity contribution is 0.871. The average molecular weight is 226 g/mol. The second-order valence-corrected chi connectivity index (χ2v) is 5.26. The summed E-state index contributed by atoms with van der Waals surface area (Å²) < 4.78 is 0. The highest BCUT2D eigenvalue weighted by atomic mass is 14.4. The Morgan fingerprint density at radius 2 is 2.12 bits per heavy atom. The van der Waals surface area contributed by atoms with Gasteiger partial charge < -0.3 is 0 Å². The molecular formula is C17H22. The van der Waals surface area contributed by atoms with E-state index in [1.165, 1.54) is 41.5 Å². The molecule has 0 aliphatic heterocycles. The van der Waals surface area contributed by atoms with Crippen molar-refractivity contribution in [3.8, 4) is 0 Å². The minimum Gasteiger partial charge on any atom is -0.102 e. The summed E-state index contributed by atoms with van der Waals surface area (Å²) in [5, 5.41) is 0. The zero-order valence-electron chi connectivity index (χ0n) is 11.1. The van der Waals surface area contributed by atoms with Crippen molar-refractivity contribution in [2.45, 2.75) is 44.9 Å². The molecule has 0 heterocycles. The smallest absolute Gasteiger partial charge is 0.0130 e. The van der Waals surface area contributed by atoms with Gasteiger partial charge in [-0.15, -0.1) is 6.58 Å². The molecule has 90 valence electrons. The normalized spacial score (nSPS) is 16.6.